The van der Waals surface area contributed by atoms with Crippen molar-refractivity contribution < 1.29 is 9.18 Å². The van der Waals surface area contributed by atoms with E-state index in [0.29, 0.717) is 19.0 Å². The van der Waals surface area contributed by atoms with Crippen LogP contribution in [-0.4, -0.2) is 31.5 Å². The number of halogens is 1. The molecule has 0 unspecified atom stereocenters. The molecule has 6 heteroatoms. The number of amides is 1. The van der Waals surface area contributed by atoms with Crippen LogP contribution in [0.1, 0.15) is 25.3 Å². The molecule has 0 saturated heterocycles. The third-order valence-corrected chi connectivity index (χ3v) is 4.67. The van der Waals surface area contributed by atoms with Crippen LogP contribution in [0.4, 0.5) is 10.1 Å². The van der Waals surface area contributed by atoms with Crippen LogP contribution in [0.15, 0.2) is 59.6 Å². The molecule has 5 nitrogen and oxygen atoms in total. The summed E-state index contributed by atoms with van der Waals surface area (Å²) in [5.74, 6) is 0.199. The summed E-state index contributed by atoms with van der Waals surface area (Å²) in [4.78, 5) is 16.4. The van der Waals surface area contributed by atoms with Crippen LogP contribution in [-0.2, 0) is 10.2 Å². The lowest BCUT2D eigenvalue weighted by atomic mass is 9.96. The smallest absolute Gasteiger partial charge is 0.246 e. The van der Waals surface area contributed by atoms with Gasteiger partial charge in [0.25, 0.3) is 0 Å². The van der Waals surface area contributed by atoms with Crippen molar-refractivity contribution in [1.82, 2.24) is 10.6 Å². The maximum atomic E-state index is 13.5. The van der Waals surface area contributed by atoms with Gasteiger partial charge in [0.1, 0.15) is 12.4 Å². The van der Waals surface area contributed by atoms with Crippen molar-refractivity contribution in [3.63, 3.8) is 0 Å². The van der Waals surface area contributed by atoms with Crippen molar-refractivity contribution in [3.05, 3.63) is 66.0 Å². The van der Waals surface area contributed by atoms with Crippen LogP contribution in [0, 0.1) is 5.82 Å². The van der Waals surface area contributed by atoms with E-state index in [1.165, 1.54) is 6.07 Å². The van der Waals surface area contributed by atoms with Crippen molar-refractivity contribution in [2.24, 2.45) is 4.99 Å². The second-order valence-corrected chi connectivity index (χ2v) is 6.75. The Morgan fingerprint density at radius 1 is 1.11 bits per heavy atom. The summed E-state index contributed by atoms with van der Waals surface area (Å²) in [6, 6.07) is 16.1. The lowest BCUT2D eigenvalue weighted by Crippen LogP contribution is -2.41. The van der Waals surface area contributed by atoms with Gasteiger partial charge in [0.2, 0.25) is 5.91 Å². The molecular weight excluding hydrogens is 343 g/mol. The highest BCUT2D eigenvalue weighted by Gasteiger charge is 2.44. The van der Waals surface area contributed by atoms with Gasteiger partial charge in [0.05, 0.1) is 0 Å². The van der Waals surface area contributed by atoms with Gasteiger partial charge in [0.15, 0.2) is 5.96 Å². The molecule has 0 radical (unpaired) electrons. The molecule has 3 rings (SSSR count). The molecule has 1 fully saturated rings. The average Bonchev–Trinajstić information content (AvgIpc) is 3.46. The standard InChI is InChI=1S/C21H25FN4O/c1-2-23-20(24-14-19(27)26-18-9-4-3-5-10-18)25-15-21(11-12-21)16-7-6-8-17(22)13-16/h3-10,13H,2,11-12,14-15H2,1H3,(H,26,27)(H2,23,24,25). The zero-order chi connectivity index (χ0) is 19.1. The number of rotatable bonds is 7. The minimum absolute atomic E-state index is 0.0250. The van der Waals surface area contributed by atoms with Gasteiger partial charge in [-0.05, 0) is 49.6 Å². The first-order valence-corrected chi connectivity index (χ1v) is 9.24. The van der Waals surface area contributed by atoms with Gasteiger partial charge in [-0.2, -0.15) is 0 Å². The zero-order valence-electron chi connectivity index (χ0n) is 15.5. The summed E-state index contributed by atoms with van der Waals surface area (Å²) in [6.45, 7) is 3.35. The molecule has 1 aliphatic rings. The Kier molecular flexibility index (Phi) is 6.06. The number of nitrogens with zero attached hydrogens (tertiary/aromatic N) is 1. The third kappa shape index (κ3) is 5.29. The Bertz CT molecular complexity index is 803. The van der Waals surface area contributed by atoms with E-state index < -0.39 is 0 Å². The second kappa shape index (κ2) is 8.66. The predicted molar refractivity (Wildman–Crippen MR) is 106 cm³/mol. The Balaban J connectivity index is 1.57. The summed E-state index contributed by atoms with van der Waals surface area (Å²) in [5, 5.41) is 9.26. The fraction of sp³-hybridized carbons (Fsp3) is 0.333. The topological polar surface area (TPSA) is 65.5 Å². The van der Waals surface area contributed by atoms with Crippen LogP contribution in [0.3, 0.4) is 0 Å². The molecule has 2 aromatic rings. The summed E-state index contributed by atoms with van der Waals surface area (Å²) < 4.78 is 13.5. The monoisotopic (exact) mass is 368 g/mol. The fourth-order valence-electron chi connectivity index (χ4n) is 3.00. The molecule has 0 atom stereocenters. The molecule has 1 amide bonds. The van der Waals surface area contributed by atoms with Gasteiger partial charge >= 0.3 is 0 Å². The highest BCUT2D eigenvalue weighted by Crippen LogP contribution is 2.47. The molecule has 142 valence electrons. The molecule has 0 heterocycles. The van der Waals surface area contributed by atoms with E-state index >= 15 is 0 Å². The second-order valence-electron chi connectivity index (χ2n) is 6.75. The molecule has 0 spiro atoms. The SMILES string of the molecule is CCNC(=NCC(=O)Nc1ccccc1)NCC1(c2cccc(F)c2)CC1. The number of nitrogens with one attached hydrogen (secondary N) is 3. The summed E-state index contributed by atoms with van der Waals surface area (Å²) in [7, 11) is 0. The molecule has 1 saturated carbocycles. The number of para-hydroxylation sites is 1. The summed E-state index contributed by atoms with van der Waals surface area (Å²) >= 11 is 0. The minimum atomic E-state index is -0.211. The summed E-state index contributed by atoms with van der Waals surface area (Å²) in [6.07, 6.45) is 2.02. The van der Waals surface area contributed by atoms with Crippen LogP contribution in [0.5, 0.6) is 0 Å². The molecule has 1 aliphatic carbocycles. The van der Waals surface area contributed by atoms with E-state index in [-0.39, 0.29) is 23.7 Å². The van der Waals surface area contributed by atoms with Crippen molar-refractivity contribution in [1.29, 1.82) is 0 Å². The van der Waals surface area contributed by atoms with Crippen molar-refractivity contribution in [2.75, 3.05) is 25.0 Å². The minimum Gasteiger partial charge on any atom is -0.357 e. The van der Waals surface area contributed by atoms with Crippen molar-refractivity contribution in [2.45, 2.75) is 25.2 Å². The van der Waals surface area contributed by atoms with Gasteiger partial charge in [0, 0.05) is 24.2 Å². The van der Waals surface area contributed by atoms with Crippen LogP contribution < -0.4 is 16.0 Å². The average molecular weight is 368 g/mol. The zero-order valence-corrected chi connectivity index (χ0v) is 15.5. The number of benzene rings is 2. The molecule has 3 N–H and O–H groups in total. The number of carbonyl (C=O) groups is 1. The van der Waals surface area contributed by atoms with Gasteiger partial charge in [-0.1, -0.05) is 30.3 Å². The highest BCUT2D eigenvalue weighted by molar-refractivity contribution is 5.94. The van der Waals surface area contributed by atoms with E-state index in [4.69, 9.17) is 0 Å². The Morgan fingerprint density at radius 3 is 2.56 bits per heavy atom. The van der Waals surface area contributed by atoms with Gasteiger partial charge in [-0.15, -0.1) is 0 Å². The molecule has 0 bridgehead atoms. The van der Waals surface area contributed by atoms with Gasteiger partial charge < -0.3 is 16.0 Å². The van der Waals surface area contributed by atoms with Crippen molar-refractivity contribution >= 4 is 17.6 Å². The van der Waals surface area contributed by atoms with E-state index in [1.807, 2.05) is 43.3 Å². The third-order valence-electron chi connectivity index (χ3n) is 4.67. The maximum Gasteiger partial charge on any atom is 0.246 e. The first-order valence-electron chi connectivity index (χ1n) is 9.24. The number of anilines is 1. The van der Waals surface area contributed by atoms with Gasteiger partial charge in [-0.25, -0.2) is 9.38 Å². The first kappa shape index (κ1) is 18.9. The van der Waals surface area contributed by atoms with Crippen LogP contribution >= 0.6 is 0 Å². The molecular formula is C21H25FN4O. The normalized spacial score (nSPS) is 15.1. The van der Waals surface area contributed by atoms with Crippen molar-refractivity contribution in [3.8, 4) is 0 Å². The fourth-order valence-corrected chi connectivity index (χ4v) is 3.00. The summed E-state index contributed by atoms with van der Waals surface area (Å²) in [5.41, 5.74) is 1.70. The molecule has 0 aliphatic heterocycles. The van der Waals surface area contributed by atoms with E-state index in [9.17, 15) is 9.18 Å². The largest absolute Gasteiger partial charge is 0.357 e. The van der Waals surface area contributed by atoms with E-state index in [1.54, 1.807) is 12.1 Å². The lowest BCUT2D eigenvalue weighted by molar-refractivity contribution is -0.114. The predicted octanol–water partition coefficient (Wildman–Crippen LogP) is 3.05. The highest BCUT2D eigenvalue weighted by atomic mass is 19.1. The molecule has 0 aromatic heterocycles. The quantitative estimate of drug-likeness (QED) is 0.520. The molecule has 27 heavy (non-hydrogen) atoms. The first-order chi connectivity index (χ1) is 13.1. The molecule has 2 aromatic carbocycles. The Hall–Kier alpha value is -2.89. The number of carbonyl (C=O) groups excluding carboxylic acids is 1. The van der Waals surface area contributed by atoms with E-state index in [0.717, 1.165) is 24.1 Å². The van der Waals surface area contributed by atoms with Crippen LogP contribution in [0.2, 0.25) is 0 Å². The lowest BCUT2D eigenvalue weighted by Gasteiger charge is -2.19. The number of hydrogen-bond donors (Lipinski definition) is 3. The Labute approximate surface area is 159 Å². The number of guanidine groups is 1. The van der Waals surface area contributed by atoms with E-state index in [2.05, 4.69) is 20.9 Å². The Morgan fingerprint density at radius 2 is 1.89 bits per heavy atom. The maximum absolute atomic E-state index is 13.5. The van der Waals surface area contributed by atoms with Gasteiger partial charge in [-0.3, -0.25) is 4.79 Å². The van der Waals surface area contributed by atoms with Crippen LogP contribution in [0.25, 0.3) is 0 Å². The number of hydrogen-bond acceptors (Lipinski definition) is 2. The number of aliphatic imine (C=N–C) groups is 1.